The Hall–Kier alpha value is -2.91. The third-order valence-corrected chi connectivity index (χ3v) is 8.22. The molecule has 0 heterocycles. The first-order valence-corrected chi connectivity index (χ1v) is 14.2. The molecule has 0 aliphatic heterocycles. The molecule has 3 N–H and O–H groups in total. The highest BCUT2D eigenvalue weighted by Crippen LogP contribution is 2.31. The van der Waals surface area contributed by atoms with Gasteiger partial charge in [0.1, 0.15) is 4.90 Å². The molecule has 1 amide bonds. The number of carbonyl (C=O) groups excluding carboxylic acids is 1. The molecule has 0 radical (unpaired) electrons. The molecule has 1 aliphatic rings. The van der Waals surface area contributed by atoms with Crippen molar-refractivity contribution in [2.24, 2.45) is 0 Å². The van der Waals surface area contributed by atoms with E-state index < -0.39 is 21.9 Å². The Balaban J connectivity index is 1.80. The van der Waals surface area contributed by atoms with Crippen LogP contribution in [0.1, 0.15) is 78.3 Å². The molecule has 0 saturated heterocycles. The summed E-state index contributed by atoms with van der Waals surface area (Å²) in [6.45, 7) is 9.02. The summed E-state index contributed by atoms with van der Waals surface area (Å²) >= 11 is 0. The van der Waals surface area contributed by atoms with Crippen LogP contribution >= 0.6 is 0 Å². The number of aromatic carboxylic acids is 1. The summed E-state index contributed by atoms with van der Waals surface area (Å²) in [6, 6.07) is 9.16. The third kappa shape index (κ3) is 6.64. The summed E-state index contributed by atoms with van der Waals surface area (Å²) in [5.41, 5.74) is 1.65. The van der Waals surface area contributed by atoms with Gasteiger partial charge in [0.2, 0.25) is 0 Å². The first-order valence-electron chi connectivity index (χ1n) is 12.7. The van der Waals surface area contributed by atoms with Crippen molar-refractivity contribution < 1.29 is 23.1 Å². The summed E-state index contributed by atoms with van der Waals surface area (Å²) < 4.78 is 29.2. The van der Waals surface area contributed by atoms with Gasteiger partial charge in [-0.25, -0.2) is 13.2 Å². The van der Waals surface area contributed by atoms with Crippen LogP contribution in [-0.4, -0.2) is 56.0 Å². The van der Waals surface area contributed by atoms with E-state index in [0.29, 0.717) is 12.0 Å². The van der Waals surface area contributed by atoms with Crippen LogP contribution in [0.15, 0.2) is 41.3 Å². The Kier molecular flexibility index (Phi) is 9.50. The van der Waals surface area contributed by atoms with Crippen molar-refractivity contribution in [2.45, 2.75) is 70.2 Å². The number of amides is 1. The zero-order chi connectivity index (χ0) is 26.3. The highest BCUT2D eigenvalue weighted by Gasteiger charge is 2.27. The molecule has 0 aromatic heterocycles. The van der Waals surface area contributed by atoms with E-state index in [-0.39, 0.29) is 27.8 Å². The SMILES string of the molecule is CCN(CC)CCCC(C)NC(=O)c1ccccc1S(=O)(=O)Nc1ccc2c(c1C(=O)O)CCCC2. The number of fused-ring (bicyclic) bond motifs is 1. The number of nitrogens with zero attached hydrogens (tertiary/aromatic N) is 1. The fourth-order valence-electron chi connectivity index (χ4n) is 4.78. The molecule has 0 saturated carbocycles. The predicted octanol–water partition coefficient (Wildman–Crippen LogP) is 4.30. The van der Waals surface area contributed by atoms with Crippen molar-refractivity contribution in [1.29, 1.82) is 0 Å². The summed E-state index contributed by atoms with van der Waals surface area (Å²) in [6.07, 6.45) is 4.90. The predicted molar refractivity (Wildman–Crippen MR) is 141 cm³/mol. The number of carboxylic acids is 1. The molecule has 1 aliphatic carbocycles. The van der Waals surface area contributed by atoms with Crippen molar-refractivity contribution in [3.8, 4) is 0 Å². The quantitative estimate of drug-likeness (QED) is 0.388. The number of carboxylic acid groups (broad SMARTS) is 1. The molecular formula is C27H37N3O5S. The van der Waals surface area contributed by atoms with Crippen molar-refractivity contribution in [3.05, 3.63) is 58.7 Å². The number of rotatable bonds is 12. The van der Waals surface area contributed by atoms with Crippen LogP contribution < -0.4 is 10.0 Å². The summed E-state index contributed by atoms with van der Waals surface area (Å²) in [4.78, 5) is 27.2. The first kappa shape index (κ1) is 27.7. The number of anilines is 1. The monoisotopic (exact) mass is 515 g/mol. The van der Waals surface area contributed by atoms with E-state index in [0.717, 1.165) is 57.3 Å². The Morgan fingerprint density at radius 2 is 1.75 bits per heavy atom. The van der Waals surface area contributed by atoms with Gasteiger partial charge in [-0.3, -0.25) is 9.52 Å². The van der Waals surface area contributed by atoms with E-state index in [2.05, 4.69) is 28.8 Å². The summed E-state index contributed by atoms with van der Waals surface area (Å²) in [5, 5.41) is 12.8. The number of benzene rings is 2. The van der Waals surface area contributed by atoms with Gasteiger partial charge < -0.3 is 15.3 Å². The smallest absolute Gasteiger partial charge is 0.338 e. The summed E-state index contributed by atoms with van der Waals surface area (Å²) in [7, 11) is -4.22. The minimum atomic E-state index is -4.22. The molecule has 36 heavy (non-hydrogen) atoms. The zero-order valence-corrected chi connectivity index (χ0v) is 22.2. The number of hydrogen-bond acceptors (Lipinski definition) is 5. The highest BCUT2D eigenvalue weighted by atomic mass is 32.2. The lowest BCUT2D eigenvalue weighted by Crippen LogP contribution is -2.34. The van der Waals surface area contributed by atoms with Gasteiger partial charge in [0.15, 0.2) is 0 Å². The van der Waals surface area contributed by atoms with Gasteiger partial charge in [0, 0.05) is 6.04 Å². The standard InChI is InChI=1S/C27H37N3O5S/c1-4-30(5-2)18-10-11-19(3)28-26(31)22-14-8-9-15-24(22)36(34,35)29-23-17-16-20-12-6-7-13-21(20)25(23)27(32)33/h8-9,14-17,19,29H,4-7,10-13,18H2,1-3H3,(H,28,31)(H,32,33). The number of carbonyl (C=O) groups is 2. The fraction of sp³-hybridized carbons (Fsp3) is 0.481. The number of hydrogen-bond donors (Lipinski definition) is 3. The first-order chi connectivity index (χ1) is 17.2. The Labute approximate surface area is 214 Å². The van der Waals surface area contributed by atoms with Gasteiger partial charge in [-0.2, -0.15) is 0 Å². The Bertz CT molecular complexity index is 1190. The third-order valence-electron chi connectivity index (χ3n) is 6.80. The van der Waals surface area contributed by atoms with Crippen LogP contribution in [0.4, 0.5) is 5.69 Å². The van der Waals surface area contributed by atoms with Crippen LogP contribution in [0, 0.1) is 0 Å². The van der Waals surface area contributed by atoms with Crippen LogP contribution in [0.25, 0.3) is 0 Å². The second-order valence-corrected chi connectivity index (χ2v) is 10.9. The lowest BCUT2D eigenvalue weighted by atomic mass is 9.87. The van der Waals surface area contributed by atoms with E-state index in [4.69, 9.17) is 0 Å². The van der Waals surface area contributed by atoms with E-state index in [1.54, 1.807) is 18.2 Å². The van der Waals surface area contributed by atoms with Crippen LogP contribution in [-0.2, 0) is 22.9 Å². The average molecular weight is 516 g/mol. The minimum absolute atomic E-state index is 0.0143. The van der Waals surface area contributed by atoms with Crippen molar-refractivity contribution >= 4 is 27.6 Å². The number of aryl methyl sites for hydroxylation is 1. The fourth-order valence-corrected chi connectivity index (χ4v) is 6.06. The zero-order valence-electron chi connectivity index (χ0n) is 21.3. The Morgan fingerprint density at radius 3 is 2.44 bits per heavy atom. The van der Waals surface area contributed by atoms with Crippen molar-refractivity contribution in [3.63, 3.8) is 0 Å². The topological polar surface area (TPSA) is 116 Å². The molecule has 3 rings (SSSR count). The molecule has 0 spiro atoms. The van der Waals surface area contributed by atoms with Gasteiger partial charge in [0.05, 0.1) is 16.8 Å². The van der Waals surface area contributed by atoms with Gasteiger partial charge in [-0.15, -0.1) is 0 Å². The normalized spacial score (nSPS) is 14.2. The van der Waals surface area contributed by atoms with E-state index in [1.165, 1.54) is 18.2 Å². The molecule has 8 nitrogen and oxygen atoms in total. The molecule has 0 fully saturated rings. The van der Waals surface area contributed by atoms with Crippen LogP contribution in [0.5, 0.6) is 0 Å². The molecule has 1 unspecified atom stereocenters. The van der Waals surface area contributed by atoms with E-state index in [9.17, 15) is 23.1 Å². The van der Waals surface area contributed by atoms with Gasteiger partial charge in [-0.1, -0.05) is 32.0 Å². The van der Waals surface area contributed by atoms with Crippen molar-refractivity contribution in [1.82, 2.24) is 10.2 Å². The lowest BCUT2D eigenvalue weighted by Gasteiger charge is -2.21. The number of nitrogens with one attached hydrogen (secondary N) is 2. The van der Waals surface area contributed by atoms with Gasteiger partial charge in [0.25, 0.3) is 15.9 Å². The second-order valence-electron chi connectivity index (χ2n) is 9.28. The molecule has 196 valence electrons. The molecule has 9 heteroatoms. The summed E-state index contributed by atoms with van der Waals surface area (Å²) in [5.74, 6) is -1.65. The lowest BCUT2D eigenvalue weighted by molar-refractivity contribution is 0.0696. The van der Waals surface area contributed by atoms with Crippen molar-refractivity contribution in [2.75, 3.05) is 24.4 Å². The molecule has 2 aromatic rings. The van der Waals surface area contributed by atoms with Gasteiger partial charge >= 0.3 is 5.97 Å². The van der Waals surface area contributed by atoms with E-state index in [1.807, 2.05) is 6.92 Å². The maximum absolute atomic E-state index is 13.4. The highest BCUT2D eigenvalue weighted by molar-refractivity contribution is 7.92. The second kappa shape index (κ2) is 12.4. The minimum Gasteiger partial charge on any atom is -0.478 e. The molecular weight excluding hydrogens is 478 g/mol. The van der Waals surface area contributed by atoms with Crippen LogP contribution in [0.2, 0.25) is 0 Å². The number of sulfonamides is 1. The van der Waals surface area contributed by atoms with Crippen LogP contribution in [0.3, 0.4) is 0 Å². The Morgan fingerprint density at radius 1 is 1.06 bits per heavy atom. The maximum atomic E-state index is 13.4. The molecule has 2 aromatic carbocycles. The van der Waals surface area contributed by atoms with Gasteiger partial charge in [-0.05, 0) is 94.4 Å². The average Bonchev–Trinajstić information content (AvgIpc) is 2.86. The van der Waals surface area contributed by atoms with E-state index >= 15 is 0 Å². The molecule has 0 bridgehead atoms. The maximum Gasteiger partial charge on any atom is 0.338 e. The largest absolute Gasteiger partial charge is 0.478 e. The molecule has 1 atom stereocenters.